The summed E-state index contributed by atoms with van der Waals surface area (Å²) in [5.41, 5.74) is 0. The van der Waals surface area contributed by atoms with Gasteiger partial charge < -0.3 is 50.3 Å². The molecule has 0 bridgehead atoms. The van der Waals surface area contributed by atoms with E-state index < -0.39 is 10.4 Å². The smallest absolute Gasteiger partial charge is 0.379 e. The monoisotopic (exact) mass is 585 g/mol. The maximum absolute atomic E-state index is 8.74. The summed E-state index contributed by atoms with van der Waals surface area (Å²) in [5.74, 6) is 0. The van der Waals surface area contributed by atoms with Crippen molar-refractivity contribution in [3.05, 3.63) is 0 Å². The van der Waals surface area contributed by atoms with Crippen molar-refractivity contribution in [2.75, 3.05) is 132 Å². The van der Waals surface area contributed by atoms with Crippen LogP contribution in [0.15, 0.2) is 0 Å². The molecular weight excluding hydrogens is 538 g/mol. The summed E-state index contributed by atoms with van der Waals surface area (Å²) in [6.45, 7) is 19.2. The Kier molecular flexibility index (Phi) is 35.0. The quantitative estimate of drug-likeness (QED) is 0.145. The van der Waals surface area contributed by atoms with Crippen LogP contribution in [-0.4, -0.2) is 149 Å². The van der Waals surface area contributed by atoms with Crippen LogP contribution in [0, 0.1) is 22.7 Å². The van der Waals surface area contributed by atoms with Crippen LogP contribution in [0.5, 0.6) is 0 Å². The molecule has 39 heavy (non-hydrogen) atoms. The molecule has 16 nitrogen and oxygen atoms in total. The molecular formula is C22H47N7O9S. The molecule has 5 saturated heterocycles. The molecule has 0 aromatic heterocycles. The largest absolute Gasteiger partial charge is 0.394 e. The Morgan fingerprint density at radius 2 is 0.564 bits per heavy atom. The van der Waals surface area contributed by atoms with E-state index in [-0.39, 0.29) is 0 Å². The second kappa shape index (κ2) is 34.5. The van der Waals surface area contributed by atoms with Gasteiger partial charge in [0.25, 0.3) is 0 Å². The molecule has 0 unspecified atom stereocenters. The standard InChI is InChI=1S/5C4H9NO.C2N2.H2O4S/c5*1-3-6-4-2-5-1;3-1-2-4;1-5(2,3)4/h5*5H,1-4H2;;(H2,1,2,3,4). The summed E-state index contributed by atoms with van der Waals surface area (Å²) in [5, 5.41) is 30.3. The zero-order chi connectivity index (χ0) is 29.1. The molecule has 17 heteroatoms. The Hall–Kier alpha value is -1.55. The average Bonchev–Trinajstić information content (AvgIpc) is 3.02. The van der Waals surface area contributed by atoms with Gasteiger partial charge in [-0.3, -0.25) is 9.11 Å². The molecule has 230 valence electrons. The molecule has 0 aliphatic carbocycles. The Morgan fingerprint density at radius 1 is 0.436 bits per heavy atom. The summed E-state index contributed by atoms with van der Waals surface area (Å²) in [4.78, 5) is 0. The molecule has 0 atom stereocenters. The van der Waals surface area contributed by atoms with E-state index in [1.807, 2.05) is 0 Å². The minimum Gasteiger partial charge on any atom is -0.379 e. The van der Waals surface area contributed by atoms with Crippen molar-refractivity contribution < 1.29 is 41.2 Å². The molecule has 5 aliphatic heterocycles. The van der Waals surface area contributed by atoms with Gasteiger partial charge in [0.2, 0.25) is 0 Å². The fraction of sp³-hybridized carbons (Fsp3) is 0.909. The van der Waals surface area contributed by atoms with Gasteiger partial charge in [-0.1, -0.05) is 0 Å². The Balaban J connectivity index is 0. The Labute approximate surface area is 232 Å². The SMILES string of the molecule is C1COCCN1.C1COCCN1.C1COCCN1.C1COCCN1.C1COCCN1.N#CC#N.O=S(=O)(O)O. The van der Waals surface area contributed by atoms with E-state index in [1.165, 1.54) is 12.1 Å². The van der Waals surface area contributed by atoms with Gasteiger partial charge in [-0.15, -0.1) is 0 Å². The first-order valence-electron chi connectivity index (χ1n) is 12.8. The third-order valence-corrected chi connectivity index (χ3v) is 4.28. The van der Waals surface area contributed by atoms with Gasteiger partial charge in [-0.2, -0.15) is 18.9 Å². The second-order valence-corrected chi connectivity index (χ2v) is 8.38. The highest BCUT2D eigenvalue weighted by atomic mass is 32.3. The molecule has 5 heterocycles. The van der Waals surface area contributed by atoms with Crippen molar-refractivity contribution in [2.24, 2.45) is 0 Å². The average molecular weight is 586 g/mol. The van der Waals surface area contributed by atoms with Gasteiger partial charge in [-0.05, 0) is 0 Å². The predicted octanol–water partition coefficient (Wildman–Crippen LogP) is -2.59. The first-order valence-corrected chi connectivity index (χ1v) is 14.2. The van der Waals surface area contributed by atoms with Crippen molar-refractivity contribution in [2.45, 2.75) is 0 Å². The summed E-state index contributed by atoms with van der Waals surface area (Å²) >= 11 is 0. The number of hydrogen-bond donors (Lipinski definition) is 7. The molecule has 5 aliphatic rings. The molecule has 0 aromatic carbocycles. The number of ether oxygens (including phenoxy) is 5. The highest BCUT2D eigenvalue weighted by molar-refractivity contribution is 7.79. The van der Waals surface area contributed by atoms with Crippen LogP contribution in [-0.2, 0) is 34.1 Å². The molecule has 0 saturated carbocycles. The summed E-state index contributed by atoms with van der Waals surface area (Å²) in [6.07, 6.45) is 0. The van der Waals surface area contributed by atoms with Crippen LogP contribution in [0.1, 0.15) is 0 Å². The van der Waals surface area contributed by atoms with Crippen LogP contribution < -0.4 is 26.6 Å². The highest BCUT2D eigenvalue weighted by Crippen LogP contribution is 1.79. The fourth-order valence-corrected chi connectivity index (χ4v) is 2.58. The van der Waals surface area contributed by atoms with Crippen molar-refractivity contribution in [1.82, 2.24) is 26.6 Å². The normalized spacial score (nSPS) is 20.2. The zero-order valence-electron chi connectivity index (χ0n) is 22.7. The summed E-state index contributed by atoms with van der Waals surface area (Å²) in [6, 6.07) is 2.47. The molecule has 0 amide bonds. The lowest BCUT2D eigenvalue weighted by Crippen LogP contribution is -2.30. The first-order chi connectivity index (χ1) is 18.9. The molecule has 5 rings (SSSR count). The van der Waals surface area contributed by atoms with Crippen LogP contribution in [0.25, 0.3) is 0 Å². The lowest BCUT2D eigenvalue weighted by atomic mass is 10.5. The number of hydrogen-bond acceptors (Lipinski definition) is 14. The van der Waals surface area contributed by atoms with E-state index in [0.29, 0.717) is 0 Å². The van der Waals surface area contributed by atoms with Crippen LogP contribution >= 0.6 is 0 Å². The van der Waals surface area contributed by atoms with E-state index in [0.717, 1.165) is 132 Å². The molecule has 5 fully saturated rings. The van der Waals surface area contributed by atoms with Crippen LogP contribution in [0.3, 0.4) is 0 Å². The summed E-state index contributed by atoms with van der Waals surface area (Å²) in [7, 11) is -4.67. The van der Waals surface area contributed by atoms with Gasteiger partial charge in [0.1, 0.15) is 0 Å². The molecule has 0 aromatic rings. The van der Waals surface area contributed by atoms with Gasteiger partial charge in [0.15, 0.2) is 12.1 Å². The number of nitrogens with one attached hydrogen (secondary N) is 5. The molecule has 0 radical (unpaired) electrons. The molecule has 7 N–H and O–H groups in total. The highest BCUT2D eigenvalue weighted by Gasteiger charge is 1.95. The molecule has 0 spiro atoms. The minimum atomic E-state index is -4.67. The number of morpholine rings is 5. The maximum Gasteiger partial charge on any atom is 0.394 e. The van der Waals surface area contributed by atoms with Gasteiger partial charge in [0, 0.05) is 65.4 Å². The fourth-order valence-electron chi connectivity index (χ4n) is 2.58. The summed E-state index contributed by atoms with van der Waals surface area (Å²) < 4.78 is 56.6. The van der Waals surface area contributed by atoms with E-state index >= 15 is 0 Å². The zero-order valence-corrected chi connectivity index (χ0v) is 23.5. The topological polar surface area (TPSA) is 228 Å². The van der Waals surface area contributed by atoms with E-state index in [1.54, 1.807) is 0 Å². The maximum atomic E-state index is 8.74. The van der Waals surface area contributed by atoms with Crippen molar-refractivity contribution in [1.29, 1.82) is 10.5 Å². The third kappa shape index (κ3) is 49.9. The van der Waals surface area contributed by atoms with Crippen LogP contribution in [0.4, 0.5) is 0 Å². The Bertz CT molecular complexity index is 513. The van der Waals surface area contributed by atoms with Crippen molar-refractivity contribution >= 4 is 10.4 Å². The van der Waals surface area contributed by atoms with E-state index in [2.05, 4.69) is 26.6 Å². The predicted molar refractivity (Wildman–Crippen MR) is 144 cm³/mol. The first kappa shape index (κ1) is 39.6. The lowest BCUT2D eigenvalue weighted by Gasteiger charge is -2.10. The van der Waals surface area contributed by atoms with Crippen molar-refractivity contribution in [3.8, 4) is 12.1 Å². The lowest BCUT2D eigenvalue weighted by molar-refractivity contribution is 0.109. The number of rotatable bonds is 0. The number of nitrogens with zero attached hydrogens (tertiary/aromatic N) is 2. The van der Waals surface area contributed by atoms with E-state index in [9.17, 15) is 0 Å². The van der Waals surface area contributed by atoms with Gasteiger partial charge in [-0.25, -0.2) is 0 Å². The Morgan fingerprint density at radius 3 is 0.590 bits per heavy atom. The second-order valence-electron chi connectivity index (χ2n) is 7.48. The third-order valence-electron chi connectivity index (χ3n) is 4.28. The number of nitriles is 2. The van der Waals surface area contributed by atoms with Gasteiger partial charge in [0.05, 0.1) is 66.1 Å². The minimum absolute atomic E-state index is 0.889. The van der Waals surface area contributed by atoms with E-state index in [4.69, 9.17) is 51.7 Å². The van der Waals surface area contributed by atoms with Crippen molar-refractivity contribution in [3.63, 3.8) is 0 Å². The van der Waals surface area contributed by atoms with Gasteiger partial charge >= 0.3 is 10.4 Å². The van der Waals surface area contributed by atoms with Crippen LogP contribution in [0.2, 0.25) is 0 Å².